The summed E-state index contributed by atoms with van der Waals surface area (Å²) in [6.45, 7) is 7.86. The highest BCUT2D eigenvalue weighted by Gasteiger charge is 2.44. The second-order valence-corrected chi connectivity index (χ2v) is 7.21. The lowest BCUT2D eigenvalue weighted by Gasteiger charge is -2.38. The van der Waals surface area contributed by atoms with E-state index in [-0.39, 0.29) is 24.5 Å². The fourth-order valence-corrected chi connectivity index (χ4v) is 3.93. The SMILES string of the molecule is CCOC(=O)C1=C(C)NC2=CCCC(=O)C2C1c1ccccc1OC(C)C. The Labute approximate surface area is 160 Å². The molecule has 0 radical (unpaired) electrons. The van der Waals surface area contributed by atoms with E-state index in [1.54, 1.807) is 6.92 Å². The van der Waals surface area contributed by atoms with E-state index in [2.05, 4.69) is 11.4 Å². The van der Waals surface area contributed by atoms with Crippen molar-refractivity contribution < 1.29 is 19.1 Å². The van der Waals surface area contributed by atoms with Crippen molar-refractivity contribution in [3.8, 4) is 5.75 Å². The number of esters is 1. The lowest BCUT2D eigenvalue weighted by atomic mass is 9.71. The Kier molecular flexibility index (Phi) is 5.68. The van der Waals surface area contributed by atoms with Crippen LogP contribution >= 0.6 is 0 Å². The Morgan fingerprint density at radius 2 is 2.00 bits per heavy atom. The number of allylic oxidation sites excluding steroid dienone is 3. The molecule has 0 amide bonds. The van der Waals surface area contributed by atoms with Gasteiger partial charge in [0.25, 0.3) is 0 Å². The summed E-state index contributed by atoms with van der Waals surface area (Å²) >= 11 is 0. The third-order valence-corrected chi connectivity index (χ3v) is 4.93. The number of para-hydroxylation sites is 1. The Balaban J connectivity index is 2.19. The number of nitrogens with one attached hydrogen (secondary N) is 1. The fraction of sp³-hybridized carbons (Fsp3) is 0.455. The van der Waals surface area contributed by atoms with Crippen LogP contribution in [0, 0.1) is 5.92 Å². The molecule has 2 unspecified atom stereocenters. The minimum Gasteiger partial charge on any atom is -0.491 e. The number of carbonyl (C=O) groups excluding carboxylic acids is 2. The van der Waals surface area contributed by atoms with E-state index in [4.69, 9.17) is 9.47 Å². The molecule has 3 rings (SSSR count). The van der Waals surface area contributed by atoms with Crippen LogP contribution in [0.3, 0.4) is 0 Å². The van der Waals surface area contributed by atoms with E-state index in [1.165, 1.54) is 0 Å². The van der Waals surface area contributed by atoms with E-state index >= 15 is 0 Å². The van der Waals surface area contributed by atoms with Crippen LogP contribution in [-0.2, 0) is 14.3 Å². The maximum atomic E-state index is 12.9. The second kappa shape index (κ2) is 7.99. The van der Waals surface area contributed by atoms with Gasteiger partial charge in [0.1, 0.15) is 11.5 Å². The smallest absolute Gasteiger partial charge is 0.336 e. The molecule has 5 heteroatoms. The number of ether oxygens (including phenoxy) is 2. The van der Waals surface area contributed by atoms with Crippen molar-refractivity contribution in [3.05, 3.63) is 52.9 Å². The van der Waals surface area contributed by atoms with Gasteiger partial charge in [-0.25, -0.2) is 4.79 Å². The van der Waals surface area contributed by atoms with E-state index in [0.29, 0.717) is 17.7 Å². The first-order chi connectivity index (χ1) is 12.9. The van der Waals surface area contributed by atoms with Crippen LogP contribution in [0.25, 0.3) is 0 Å². The molecule has 144 valence electrons. The standard InChI is InChI=1S/C22H27NO4/c1-5-26-22(25)19-14(4)23-16-10-8-11-17(24)21(16)20(19)15-9-6-7-12-18(15)27-13(2)3/h6-7,9-10,12-13,20-21,23H,5,8,11H2,1-4H3. The molecular weight excluding hydrogens is 342 g/mol. The van der Waals surface area contributed by atoms with Gasteiger partial charge in [0.05, 0.1) is 24.2 Å². The summed E-state index contributed by atoms with van der Waals surface area (Å²) in [4.78, 5) is 25.7. The van der Waals surface area contributed by atoms with Gasteiger partial charge in [-0.3, -0.25) is 4.79 Å². The largest absolute Gasteiger partial charge is 0.491 e. The van der Waals surface area contributed by atoms with Crippen molar-refractivity contribution in [2.75, 3.05) is 6.61 Å². The summed E-state index contributed by atoms with van der Waals surface area (Å²) in [6, 6.07) is 7.66. The molecule has 2 atom stereocenters. The number of fused-ring (bicyclic) bond motifs is 1. The molecule has 2 aliphatic rings. The average Bonchev–Trinajstić information content (AvgIpc) is 2.61. The van der Waals surface area contributed by atoms with Crippen LogP contribution < -0.4 is 10.1 Å². The minimum atomic E-state index is -0.418. The monoisotopic (exact) mass is 369 g/mol. The third-order valence-electron chi connectivity index (χ3n) is 4.93. The predicted octanol–water partition coefficient (Wildman–Crippen LogP) is 3.86. The predicted molar refractivity (Wildman–Crippen MR) is 103 cm³/mol. The Morgan fingerprint density at radius 1 is 1.26 bits per heavy atom. The lowest BCUT2D eigenvalue weighted by molar-refractivity contribution is -0.139. The van der Waals surface area contributed by atoms with Gasteiger partial charge in [-0.2, -0.15) is 0 Å². The quantitative estimate of drug-likeness (QED) is 0.799. The summed E-state index contributed by atoms with van der Waals surface area (Å²) in [5.74, 6) is -0.382. The van der Waals surface area contributed by atoms with Crippen molar-refractivity contribution in [2.24, 2.45) is 5.92 Å². The van der Waals surface area contributed by atoms with E-state index < -0.39 is 11.8 Å². The van der Waals surface area contributed by atoms with E-state index in [9.17, 15) is 9.59 Å². The number of hydrogen-bond donors (Lipinski definition) is 1. The van der Waals surface area contributed by atoms with E-state index in [0.717, 1.165) is 23.4 Å². The number of rotatable bonds is 5. The highest BCUT2D eigenvalue weighted by atomic mass is 16.5. The molecular formula is C22H27NO4. The molecule has 1 aromatic rings. The molecule has 1 aromatic carbocycles. The number of Topliss-reactive ketones (excluding diaryl/α,β-unsaturated/α-hetero) is 1. The Hall–Kier alpha value is -2.56. The summed E-state index contributed by atoms with van der Waals surface area (Å²) in [5, 5.41) is 3.28. The normalized spacial score (nSPS) is 22.1. The van der Waals surface area contributed by atoms with Crippen LogP contribution in [0.2, 0.25) is 0 Å². The van der Waals surface area contributed by atoms with Crippen molar-refractivity contribution in [2.45, 2.75) is 52.6 Å². The first-order valence-electron chi connectivity index (χ1n) is 9.57. The number of ketones is 1. The van der Waals surface area contributed by atoms with Gasteiger partial charge in [-0.05, 0) is 40.2 Å². The molecule has 5 nitrogen and oxygen atoms in total. The fourth-order valence-electron chi connectivity index (χ4n) is 3.93. The van der Waals surface area contributed by atoms with Crippen LogP contribution in [0.5, 0.6) is 5.75 Å². The van der Waals surface area contributed by atoms with Crippen LogP contribution in [0.1, 0.15) is 52.0 Å². The third kappa shape index (κ3) is 3.77. The topological polar surface area (TPSA) is 64.6 Å². The van der Waals surface area contributed by atoms with Crippen LogP contribution in [0.4, 0.5) is 0 Å². The molecule has 0 saturated heterocycles. The molecule has 0 fully saturated rings. The van der Waals surface area contributed by atoms with Gasteiger partial charge in [-0.1, -0.05) is 24.3 Å². The van der Waals surface area contributed by atoms with Crippen LogP contribution in [-0.4, -0.2) is 24.5 Å². The Bertz CT molecular complexity index is 806. The number of hydrogen-bond acceptors (Lipinski definition) is 5. The summed E-state index contributed by atoms with van der Waals surface area (Å²) in [6.07, 6.45) is 3.25. The van der Waals surface area contributed by atoms with Gasteiger partial charge in [-0.15, -0.1) is 0 Å². The summed E-state index contributed by atoms with van der Waals surface area (Å²) < 4.78 is 11.3. The van der Waals surface area contributed by atoms with Gasteiger partial charge < -0.3 is 14.8 Å². The maximum absolute atomic E-state index is 12.9. The maximum Gasteiger partial charge on any atom is 0.336 e. The van der Waals surface area contributed by atoms with Gasteiger partial charge in [0.15, 0.2) is 0 Å². The molecule has 0 spiro atoms. The van der Waals surface area contributed by atoms with E-state index in [1.807, 2.05) is 45.0 Å². The van der Waals surface area contributed by atoms with Crippen LogP contribution in [0.15, 0.2) is 47.3 Å². The van der Waals surface area contributed by atoms with Gasteiger partial charge >= 0.3 is 5.97 Å². The zero-order valence-electron chi connectivity index (χ0n) is 16.4. The minimum absolute atomic E-state index is 0.0129. The van der Waals surface area contributed by atoms with Gasteiger partial charge in [0.2, 0.25) is 0 Å². The average molecular weight is 369 g/mol. The molecule has 0 saturated carbocycles. The second-order valence-electron chi connectivity index (χ2n) is 7.21. The first kappa shape index (κ1) is 19.2. The van der Waals surface area contributed by atoms with Crippen molar-refractivity contribution in [3.63, 3.8) is 0 Å². The molecule has 27 heavy (non-hydrogen) atoms. The highest BCUT2D eigenvalue weighted by molar-refractivity contribution is 5.96. The Morgan fingerprint density at radius 3 is 2.70 bits per heavy atom. The van der Waals surface area contributed by atoms with Gasteiger partial charge in [0, 0.05) is 29.3 Å². The molecule has 1 aliphatic heterocycles. The molecule has 0 aromatic heterocycles. The molecule has 1 heterocycles. The molecule has 1 aliphatic carbocycles. The first-order valence-corrected chi connectivity index (χ1v) is 9.57. The zero-order chi connectivity index (χ0) is 19.6. The summed E-state index contributed by atoms with van der Waals surface area (Å²) in [5.41, 5.74) is 2.96. The van der Waals surface area contributed by atoms with Crippen molar-refractivity contribution >= 4 is 11.8 Å². The zero-order valence-corrected chi connectivity index (χ0v) is 16.4. The molecule has 0 bridgehead atoms. The highest BCUT2D eigenvalue weighted by Crippen LogP contribution is 2.46. The number of carbonyl (C=O) groups is 2. The molecule has 1 N–H and O–H groups in total. The van der Waals surface area contributed by atoms with Crippen molar-refractivity contribution in [1.29, 1.82) is 0 Å². The van der Waals surface area contributed by atoms with Crippen molar-refractivity contribution in [1.82, 2.24) is 5.32 Å². The summed E-state index contributed by atoms with van der Waals surface area (Å²) in [7, 11) is 0. The lowest BCUT2D eigenvalue weighted by Crippen LogP contribution is -2.41. The number of benzene rings is 1.